The highest BCUT2D eigenvalue weighted by Crippen LogP contribution is 2.30. The van der Waals surface area contributed by atoms with Gasteiger partial charge in [0.15, 0.2) is 0 Å². The quantitative estimate of drug-likeness (QED) is 0.417. The van der Waals surface area contributed by atoms with Crippen molar-refractivity contribution >= 4 is 17.5 Å². The lowest BCUT2D eigenvalue weighted by Gasteiger charge is -2.21. The Hall–Kier alpha value is -3.68. The Kier molecular flexibility index (Phi) is 6.79. The molecule has 0 bridgehead atoms. The van der Waals surface area contributed by atoms with Gasteiger partial charge in [0.25, 0.3) is 0 Å². The molecule has 2 atom stereocenters. The number of likely N-dealkylation sites (tertiary alicyclic amines) is 1. The van der Waals surface area contributed by atoms with Crippen molar-refractivity contribution in [1.29, 1.82) is 0 Å². The van der Waals surface area contributed by atoms with Gasteiger partial charge < -0.3 is 10.1 Å². The second-order valence-electron chi connectivity index (χ2n) is 9.08. The Labute approximate surface area is 205 Å². The molecule has 2 amide bonds. The van der Waals surface area contributed by atoms with Gasteiger partial charge >= 0.3 is 6.03 Å². The number of pyridine rings is 1. The number of ether oxygens (including phenoxy) is 1. The van der Waals surface area contributed by atoms with Crippen molar-refractivity contribution in [2.24, 2.45) is 0 Å². The van der Waals surface area contributed by atoms with Crippen LogP contribution in [0.4, 0.5) is 10.6 Å². The minimum Gasteiger partial charge on any atom is -0.383 e. The van der Waals surface area contributed by atoms with Crippen molar-refractivity contribution < 1.29 is 9.53 Å². The van der Waals surface area contributed by atoms with Gasteiger partial charge in [0, 0.05) is 44.4 Å². The number of carbonyl (C=O) groups excluding carboxylic acids is 1. The predicted octanol–water partition coefficient (Wildman–Crippen LogP) is 4.55. The molecule has 2 N–H and O–H groups in total. The molecule has 1 aliphatic rings. The number of anilines is 1. The third-order valence-electron chi connectivity index (χ3n) is 6.60. The van der Waals surface area contributed by atoms with E-state index in [-0.39, 0.29) is 18.0 Å². The summed E-state index contributed by atoms with van der Waals surface area (Å²) in [7, 11) is 1.72. The maximum atomic E-state index is 13.4. The van der Waals surface area contributed by atoms with E-state index >= 15 is 0 Å². The van der Waals surface area contributed by atoms with Crippen LogP contribution < -0.4 is 10.6 Å². The summed E-state index contributed by atoms with van der Waals surface area (Å²) < 4.78 is 7.24. The standard InChI is InChI=1S/C28H31N5O2/c1-20-13-14-25-30-26(22-11-7-4-8-12-22)27(33(25)17-20)31-28(34)29-24-19-32(15-16-35-2)18-23(24)21-9-5-3-6-10-21/h3-14,17,23-24H,15-16,18-19H2,1-2H3,(H2,29,31,34)/t23-,24+/m0/s1. The average Bonchev–Trinajstić information content (AvgIpc) is 3.44. The van der Waals surface area contributed by atoms with E-state index in [4.69, 9.17) is 9.72 Å². The van der Waals surface area contributed by atoms with Crippen molar-refractivity contribution in [3.8, 4) is 11.3 Å². The number of imidazole rings is 1. The number of amides is 2. The molecule has 1 aliphatic heterocycles. The van der Waals surface area contributed by atoms with E-state index in [1.54, 1.807) is 7.11 Å². The van der Waals surface area contributed by atoms with Crippen LogP contribution in [0.25, 0.3) is 16.9 Å². The number of fused-ring (bicyclic) bond motifs is 1. The molecule has 0 saturated carbocycles. The van der Waals surface area contributed by atoms with Crippen LogP contribution in [0.15, 0.2) is 79.0 Å². The minimum atomic E-state index is -0.231. The normalized spacial score (nSPS) is 18.1. The van der Waals surface area contributed by atoms with E-state index in [2.05, 4.69) is 39.8 Å². The second kappa shape index (κ2) is 10.3. The summed E-state index contributed by atoms with van der Waals surface area (Å²) in [4.78, 5) is 20.5. The maximum absolute atomic E-state index is 13.4. The van der Waals surface area contributed by atoms with E-state index in [1.165, 1.54) is 5.56 Å². The highest BCUT2D eigenvalue weighted by molar-refractivity contribution is 5.93. The third kappa shape index (κ3) is 5.06. The topological polar surface area (TPSA) is 70.9 Å². The fraction of sp³-hybridized carbons (Fsp3) is 0.286. The number of benzene rings is 2. The zero-order chi connectivity index (χ0) is 24.2. The molecule has 0 aliphatic carbocycles. The molecule has 2 aromatic heterocycles. The highest BCUT2D eigenvalue weighted by atomic mass is 16.5. The number of rotatable bonds is 7. The Bertz CT molecular complexity index is 1290. The zero-order valence-corrected chi connectivity index (χ0v) is 20.1. The molecule has 0 spiro atoms. The lowest BCUT2D eigenvalue weighted by Crippen LogP contribution is -2.42. The van der Waals surface area contributed by atoms with Crippen molar-refractivity contribution in [3.05, 3.63) is 90.1 Å². The van der Waals surface area contributed by atoms with Crippen molar-refractivity contribution in [2.45, 2.75) is 18.9 Å². The fourth-order valence-corrected chi connectivity index (χ4v) is 4.85. The van der Waals surface area contributed by atoms with Gasteiger partial charge in [-0.25, -0.2) is 9.78 Å². The average molecular weight is 470 g/mol. The number of nitrogens with one attached hydrogen (secondary N) is 2. The largest absolute Gasteiger partial charge is 0.383 e. The summed E-state index contributed by atoms with van der Waals surface area (Å²) in [6, 6.07) is 24.1. The third-order valence-corrected chi connectivity index (χ3v) is 6.60. The number of carbonyl (C=O) groups is 1. The zero-order valence-electron chi connectivity index (χ0n) is 20.1. The number of hydrogen-bond donors (Lipinski definition) is 2. The first-order valence-corrected chi connectivity index (χ1v) is 12.0. The monoisotopic (exact) mass is 469 g/mol. The first-order chi connectivity index (χ1) is 17.1. The molecule has 0 unspecified atom stereocenters. The van der Waals surface area contributed by atoms with Crippen LogP contribution >= 0.6 is 0 Å². The molecule has 1 fully saturated rings. The summed E-state index contributed by atoms with van der Waals surface area (Å²) in [6.45, 7) is 5.19. The lowest BCUT2D eigenvalue weighted by molar-refractivity contribution is 0.159. The molecular formula is C28H31N5O2. The molecule has 4 aromatic rings. The van der Waals surface area contributed by atoms with Gasteiger partial charge in [-0.1, -0.05) is 66.7 Å². The van der Waals surface area contributed by atoms with Gasteiger partial charge in [-0.15, -0.1) is 0 Å². The molecule has 2 aromatic carbocycles. The summed E-state index contributed by atoms with van der Waals surface area (Å²) >= 11 is 0. The Balaban J connectivity index is 1.41. The van der Waals surface area contributed by atoms with Crippen molar-refractivity contribution in [3.63, 3.8) is 0 Å². The smallest absolute Gasteiger partial charge is 0.320 e. The number of hydrogen-bond acceptors (Lipinski definition) is 4. The van der Waals surface area contributed by atoms with Crippen LogP contribution in [0, 0.1) is 6.92 Å². The first-order valence-electron chi connectivity index (χ1n) is 12.0. The molecule has 7 heteroatoms. The minimum absolute atomic E-state index is 0.0182. The molecule has 0 radical (unpaired) electrons. The van der Waals surface area contributed by atoms with Crippen LogP contribution in [0.2, 0.25) is 0 Å². The number of aromatic nitrogens is 2. The molecule has 3 heterocycles. The van der Waals surface area contributed by atoms with E-state index in [0.717, 1.165) is 42.1 Å². The maximum Gasteiger partial charge on any atom is 0.320 e. The van der Waals surface area contributed by atoms with Gasteiger partial charge in [-0.05, 0) is 24.1 Å². The molecule has 35 heavy (non-hydrogen) atoms. The van der Waals surface area contributed by atoms with E-state index in [9.17, 15) is 4.79 Å². The summed E-state index contributed by atoms with van der Waals surface area (Å²) in [5.41, 5.74) is 4.82. The van der Waals surface area contributed by atoms with Crippen LogP contribution in [-0.2, 0) is 4.74 Å². The number of aryl methyl sites for hydroxylation is 1. The van der Waals surface area contributed by atoms with Gasteiger partial charge in [-0.2, -0.15) is 0 Å². The fourth-order valence-electron chi connectivity index (χ4n) is 4.85. The molecule has 7 nitrogen and oxygen atoms in total. The summed E-state index contributed by atoms with van der Waals surface area (Å²) in [6.07, 6.45) is 2.00. The highest BCUT2D eigenvalue weighted by Gasteiger charge is 2.34. The number of nitrogens with zero attached hydrogens (tertiary/aromatic N) is 3. The second-order valence-corrected chi connectivity index (χ2v) is 9.08. The molecule has 180 valence electrons. The van der Waals surface area contributed by atoms with Crippen LogP contribution in [0.1, 0.15) is 17.0 Å². The number of urea groups is 1. The number of methoxy groups -OCH3 is 1. The SMILES string of the molecule is COCCN1C[C@@H](NC(=O)Nc2c(-c3ccccc3)nc3ccc(C)cn23)[C@H](c2ccccc2)C1. The van der Waals surface area contributed by atoms with E-state index in [1.807, 2.05) is 66.1 Å². The summed E-state index contributed by atoms with van der Waals surface area (Å²) in [5, 5.41) is 6.38. The van der Waals surface area contributed by atoms with Gasteiger partial charge in [0.05, 0.1) is 12.6 Å². The van der Waals surface area contributed by atoms with Crippen LogP contribution in [0.5, 0.6) is 0 Å². The van der Waals surface area contributed by atoms with Gasteiger partial charge in [0.2, 0.25) is 0 Å². The Morgan fingerprint density at radius 3 is 2.51 bits per heavy atom. The van der Waals surface area contributed by atoms with E-state index < -0.39 is 0 Å². The Morgan fingerprint density at radius 1 is 1.03 bits per heavy atom. The van der Waals surface area contributed by atoms with Crippen LogP contribution in [-0.4, -0.2) is 59.7 Å². The predicted molar refractivity (Wildman–Crippen MR) is 139 cm³/mol. The molecule has 5 rings (SSSR count). The van der Waals surface area contributed by atoms with Crippen molar-refractivity contribution in [2.75, 3.05) is 38.7 Å². The molecule has 1 saturated heterocycles. The van der Waals surface area contributed by atoms with Crippen LogP contribution in [0.3, 0.4) is 0 Å². The summed E-state index contributed by atoms with van der Waals surface area (Å²) in [5.74, 6) is 0.870. The van der Waals surface area contributed by atoms with Gasteiger partial charge in [-0.3, -0.25) is 14.6 Å². The Morgan fingerprint density at radius 2 is 1.77 bits per heavy atom. The van der Waals surface area contributed by atoms with E-state index in [0.29, 0.717) is 12.4 Å². The van der Waals surface area contributed by atoms with Gasteiger partial charge in [0.1, 0.15) is 17.2 Å². The molecular weight excluding hydrogens is 438 g/mol. The first kappa shape index (κ1) is 23.1. The van der Waals surface area contributed by atoms with Crippen molar-refractivity contribution in [1.82, 2.24) is 19.6 Å². The lowest BCUT2D eigenvalue weighted by atomic mass is 9.94.